The number of hydrogen-bond acceptors (Lipinski definition) is 8. The average molecular weight is 687 g/mol. The van der Waals surface area contributed by atoms with Gasteiger partial charge >= 0.3 is 24.1 Å². The van der Waals surface area contributed by atoms with Crippen LogP contribution in [0.15, 0.2) is 69.5 Å². The zero-order valence-electron chi connectivity index (χ0n) is 27.2. The Morgan fingerprint density at radius 1 is 1.18 bits per heavy atom. The van der Waals surface area contributed by atoms with Crippen LogP contribution in [-0.4, -0.2) is 60.9 Å². The van der Waals surface area contributed by atoms with Gasteiger partial charge in [-0.05, 0) is 74.9 Å². The summed E-state index contributed by atoms with van der Waals surface area (Å²) in [4.78, 5) is 62.1. The summed E-state index contributed by atoms with van der Waals surface area (Å²) >= 11 is 0. The minimum Gasteiger partial charge on any atom is -0.461 e. The molecule has 0 saturated heterocycles. The van der Waals surface area contributed by atoms with Gasteiger partial charge < -0.3 is 14.8 Å². The summed E-state index contributed by atoms with van der Waals surface area (Å²) in [6, 6.07) is 3.82. The summed E-state index contributed by atoms with van der Waals surface area (Å²) in [6.45, 7) is 1.88. The van der Waals surface area contributed by atoms with Crippen molar-refractivity contribution in [3.63, 3.8) is 0 Å². The molecular formula is C35H37FN7O5S+. The molecule has 2 aliphatic carbocycles. The van der Waals surface area contributed by atoms with E-state index >= 15 is 4.39 Å². The van der Waals surface area contributed by atoms with Crippen LogP contribution in [0.1, 0.15) is 73.6 Å². The molecule has 3 aromatic heterocycles. The highest BCUT2D eigenvalue weighted by Crippen LogP contribution is 2.28. The SMILES string of the molecule is C/C=S(/Nc1cnc(C(=O)N[C@@H](CC2C=CC(n3c(=O)c4c(n(C)c3=O)C=[N+]=C4)=CC2)C(=O)OC2CCCCC2)c(F)c1)c1ccncc1. The Balaban J connectivity index is 1.18. The van der Waals surface area contributed by atoms with Crippen molar-refractivity contribution in [1.29, 1.82) is 0 Å². The van der Waals surface area contributed by atoms with Crippen LogP contribution in [0, 0.1) is 11.7 Å². The van der Waals surface area contributed by atoms with Crippen LogP contribution in [0.2, 0.25) is 0 Å². The van der Waals surface area contributed by atoms with E-state index in [9.17, 15) is 19.2 Å². The Labute approximate surface area is 284 Å². The molecule has 1 saturated carbocycles. The van der Waals surface area contributed by atoms with Crippen LogP contribution < -0.4 is 26.0 Å². The van der Waals surface area contributed by atoms with Gasteiger partial charge in [-0.1, -0.05) is 33.9 Å². The van der Waals surface area contributed by atoms with Crippen LogP contribution in [-0.2, 0) is 16.6 Å². The highest BCUT2D eigenvalue weighted by Gasteiger charge is 2.31. The van der Waals surface area contributed by atoms with Crippen molar-refractivity contribution in [3.8, 4) is 0 Å². The summed E-state index contributed by atoms with van der Waals surface area (Å²) in [7, 11) is 1.02. The Bertz CT molecular complexity index is 2060. The van der Waals surface area contributed by atoms with Crippen LogP contribution in [0.25, 0.3) is 5.70 Å². The second-order valence-corrected chi connectivity index (χ2v) is 13.9. The molecule has 3 atom stereocenters. The maximum Gasteiger partial charge on any atom is 0.336 e. The number of pyridine rings is 2. The van der Waals surface area contributed by atoms with E-state index in [0.29, 0.717) is 29.1 Å². The number of allylic oxidation sites excluding steroid dienone is 4. The summed E-state index contributed by atoms with van der Waals surface area (Å²) in [6.07, 6.45) is 17.6. The molecule has 2 N–H and O–H groups in total. The van der Waals surface area contributed by atoms with Gasteiger partial charge in [0.2, 0.25) is 0 Å². The van der Waals surface area contributed by atoms with E-state index in [0.717, 1.165) is 41.6 Å². The first-order chi connectivity index (χ1) is 23.7. The van der Waals surface area contributed by atoms with Crippen molar-refractivity contribution in [2.75, 3.05) is 4.72 Å². The van der Waals surface area contributed by atoms with Crippen LogP contribution >= 0.6 is 10.7 Å². The Hall–Kier alpha value is -5.20. The van der Waals surface area contributed by atoms with Crippen molar-refractivity contribution in [3.05, 3.63) is 98.6 Å². The molecule has 1 aliphatic heterocycles. The predicted octanol–water partition coefficient (Wildman–Crippen LogP) is 3.35. The zero-order chi connectivity index (χ0) is 34.5. The Morgan fingerprint density at radius 2 is 1.96 bits per heavy atom. The van der Waals surface area contributed by atoms with Crippen LogP contribution in [0.5, 0.6) is 0 Å². The lowest BCUT2D eigenvalue weighted by atomic mass is 9.92. The number of hydrogen-bond donors (Lipinski definition) is 2. The van der Waals surface area contributed by atoms with Crippen molar-refractivity contribution >= 4 is 51.7 Å². The Morgan fingerprint density at radius 3 is 2.65 bits per heavy atom. The molecule has 12 nitrogen and oxygen atoms in total. The van der Waals surface area contributed by atoms with Crippen molar-refractivity contribution in [1.82, 2.24) is 29.1 Å². The lowest BCUT2D eigenvalue weighted by Gasteiger charge is -2.27. The normalized spacial score (nSPS) is 18.1. The van der Waals surface area contributed by atoms with Gasteiger partial charge in [0.1, 0.15) is 17.8 Å². The molecule has 6 rings (SSSR count). The second-order valence-electron chi connectivity index (χ2n) is 12.0. The molecule has 3 aromatic rings. The molecule has 2 unspecified atom stereocenters. The number of halogens is 1. The molecular weight excluding hydrogens is 649 g/mol. The van der Waals surface area contributed by atoms with Gasteiger partial charge in [0, 0.05) is 36.1 Å². The molecule has 14 heteroatoms. The highest BCUT2D eigenvalue weighted by molar-refractivity contribution is 8.16. The number of nitrogens with zero attached hydrogens (tertiary/aromatic N) is 5. The third-order valence-corrected chi connectivity index (χ3v) is 10.5. The number of fused-ring (bicyclic) bond motifs is 1. The number of esters is 1. The van der Waals surface area contributed by atoms with Crippen LogP contribution in [0.4, 0.5) is 10.1 Å². The highest BCUT2D eigenvalue weighted by atomic mass is 32.2. The molecule has 3 aliphatic rings. The van der Waals surface area contributed by atoms with Gasteiger partial charge in [-0.15, -0.1) is 0 Å². The quantitative estimate of drug-likeness (QED) is 0.147. The third-order valence-electron chi connectivity index (χ3n) is 8.76. The first-order valence-corrected chi connectivity index (χ1v) is 17.5. The topological polar surface area (TPSA) is 151 Å². The number of anilines is 1. The lowest BCUT2D eigenvalue weighted by molar-refractivity contribution is -0.153. The van der Waals surface area contributed by atoms with Gasteiger partial charge in [0.25, 0.3) is 11.5 Å². The van der Waals surface area contributed by atoms with Crippen molar-refractivity contribution in [2.24, 2.45) is 13.0 Å². The van der Waals surface area contributed by atoms with E-state index in [1.807, 2.05) is 24.4 Å². The number of amides is 1. The second kappa shape index (κ2) is 14.9. The minimum absolute atomic E-state index is 0.151. The number of aromatic nitrogens is 4. The van der Waals surface area contributed by atoms with E-state index in [2.05, 4.69) is 24.7 Å². The van der Waals surface area contributed by atoms with E-state index in [-0.39, 0.29) is 18.4 Å². The molecule has 0 aromatic carbocycles. The fourth-order valence-corrected chi connectivity index (χ4v) is 7.42. The first kappa shape index (κ1) is 33.7. The summed E-state index contributed by atoms with van der Waals surface area (Å²) in [5.74, 6) is -2.53. The van der Waals surface area contributed by atoms with Gasteiger partial charge in [-0.25, -0.2) is 23.5 Å². The van der Waals surface area contributed by atoms with Crippen LogP contribution in [0.3, 0.4) is 0 Å². The van der Waals surface area contributed by atoms with Gasteiger partial charge in [-0.3, -0.25) is 19.1 Å². The summed E-state index contributed by atoms with van der Waals surface area (Å²) in [5.41, 5.74) is 0.153. The fraction of sp³-hybridized carbons (Fsp3) is 0.343. The molecule has 0 radical (unpaired) electrons. The van der Waals surface area contributed by atoms with E-state index in [1.165, 1.54) is 29.3 Å². The summed E-state index contributed by atoms with van der Waals surface area (Å²) < 4.78 is 30.9. The van der Waals surface area contributed by atoms with E-state index < -0.39 is 51.3 Å². The first-order valence-electron chi connectivity index (χ1n) is 16.2. The molecule has 1 fully saturated rings. The number of carbonyl (C=O) groups excluding carboxylic acids is 2. The van der Waals surface area contributed by atoms with Gasteiger partial charge in [-0.2, -0.15) is 0 Å². The standard InChI is InChI=1S/C35H36FN7O5S/c1-3-49(26-13-15-37-16-14-26)41-23-18-28(36)31(39-19-23)32(44)40-29(34(46)48-25-7-5-4-6-8-25)17-22-9-11-24(12-10-22)43-33(45)27-20-38-21-30(27)42(2)35(43)47/h3,9,11-16,18-22,25,29H,4-8,10,17H2,1-2H3,(H-,40,41,44)/p+1/t22?,29-,49?/m0/s1. The molecule has 0 spiro atoms. The number of rotatable bonds is 10. The molecule has 1 amide bonds. The lowest BCUT2D eigenvalue weighted by Crippen LogP contribution is -2.45. The number of ether oxygens (including phenoxy) is 1. The Kier molecular flexibility index (Phi) is 10.3. The molecule has 0 bridgehead atoms. The third kappa shape index (κ3) is 7.45. The molecule has 49 heavy (non-hydrogen) atoms. The van der Waals surface area contributed by atoms with Crippen molar-refractivity contribution in [2.45, 2.75) is 68.9 Å². The van der Waals surface area contributed by atoms with E-state index in [1.54, 1.807) is 37.7 Å². The summed E-state index contributed by atoms with van der Waals surface area (Å²) in [5, 5.41) is 4.61. The fourth-order valence-electron chi connectivity index (χ4n) is 6.13. The monoisotopic (exact) mass is 686 g/mol. The predicted molar refractivity (Wildman–Crippen MR) is 188 cm³/mol. The zero-order valence-corrected chi connectivity index (χ0v) is 28.0. The maximum absolute atomic E-state index is 15.3. The number of nitrogens with one attached hydrogen (secondary N) is 2. The van der Waals surface area contributed by atoms with Gasteiger partial charge in [0.15, 0.2) is 17.1 Å². The minimum atomic E-state index is -1.09. The smallest absolute Gasteiger partial charge is 0.336 e. The maximum atomic E-state index is 15.3. The van der Waals surface area contributed by atoms with Crippen molar-refractivity contribution < 1.29 is 18.7 Å². The average Bonchev–Trinajstić information content (AvgIpc) is 3.62. The largest absolute Gasteiger partial charge is 0.461 e. The molecule has 254 valence electrons. The van der Waals surface area contributed by atoms with E-state index in [4.69, 9.17) is 4.74 Å². The van der Waals surface area contributed by atoms with Gasteiger partial charge in [0.05, 0.1) is 11.9 Å². The number of carbonyl (C=O) groups is 2. The molecule has 4 heterocycles.